The average molecular weight is 471 g/mol. The number of fused-ring (bicyclic) bond motifs is 2. The Hall–Kier alpha value is -3.03. The molecule has 3 aromatic rings. The lowest BCUT2D eigenvalue weighted by molar-refractivity contribution is -0.137. The van der Waals surface area contributed by atoms with Crippen LogP contribution in [0, 0.1) is 29.5 Å². The fourth-order valence-corrected chi connectivity index (χ4v) is 5.91. The molecule has 0 bridgehead atoms. The minimum absolute atomic E-state index is 0.125. The van der Waals surface area contributed by atoms with Gasteiger partial charge < -0.3 is 5.32 Å². The fourth-order valence-electron chi connectivity index (χ4n) is 5.91. The zero-order valence-corrected chi connectivity index (χ0v) is 18.6. The van der Waals surface area contributed by atoms with Gasteiger partial charge in [0.15, 0.2) is 0 Å². The summed E-state index contributed by atoms with van der Waals surface area (Å²) in [6.45, 7) is 1.88. The van der Waals surface area contributed by atoms with Crippen LogP contribution in [0.15, 0.2) is 48.8 Å². The minimum Gasteiger partial charge on any atom is -0.310 e. The zero-order valence-electron chi connectivity index (χ0n) is 18.6. The smallest absolute Gasteiger partial charge is 0.310 e. The predicted molar refractivity (Wildman–Crippen MR) is 120 cm³/mol. The Kier molecular flexibility index (Phi) is 5.78. The molecule has 4 nitrogen and oxygen atoms in total. The van der Waals surface area contributed by atoms with Crippen LogP contribution in [0.4, 0.5) is 23.4 Å². The summed E-state index contributed by atoms with van der Waals surface area (Å²) >= 11 is 0. The number of anilines is 1. The van der Waals surface area contributed by atoms with Gasteiger partial charge in [0.2, 0.25) is 5.91 Å². The van der Waals surface area contributed by atoms with Gasteiger partial charge in [-0.15, -0.1) is 0 Å². The number of aromatic nitrogens is 2. The van der Waals surface area contributed by atoms with Crippen LogP contribution in [-0.2, 0) is 11.0 Å². The number of hydrogen-bond acceptors (Lipinski definition) is 3. The summed E-state index contributed by atoms with van der Waals surface area (Å²) in [5, 5.41) is 3.54. The first kappa shape index (κ1) is 22.7. The highest BCUT2D eigenvalue weighted by molar-refractivity contribution is 5.91. The first-order valence-corrected chi connectivity index (χ1v) is 11.6. The monoisotopic (exact) mass is 471 g/mol. The number of nitrogens with one attached hydrogen (secondary N) is 1. The van der Waals surface area contributed by atoms with Crippen LogP contribution in [0.1, 0.15) is 49.7 Å². The second-order valence-corrected chi connectivity index (χ2v) is 9.69. The van der Waals surface area contributed by atoms with Gasteiger partial charge in [-0.2, -0.15) is 13.2 Å². The van der Waals surface area contributed by atoms with Crippen molar-refractivity contribution in [3.05, 3.63) is 65.7 Å². The number of amides is 1. The summed E-state index contributed by atoms with van der Waals surface area (Å²) in [4.78, 5) is 20.9. The van der Waals surface area contributed by atoms with Crippen LogP contribution >= 0.6 is 0 Å². The molecule has 1 aromatic carbocycles. The Balaban J connectivity index is 1.21. The summed E-state index contributed by atoms with van der Waals surface area (Å²) in [5.74, 6) is 0.967. The highest BCUT2D eigenvalue weighted by Gasteiger charge is 2.44. The van der Waals surface area contributed by atoms with Crippen molar-refractivity contribution in [1.29, 1.82) is 0 Å². The van der Waals surface area contributed by atoms with Gasteiger partial charge in [-0.1, -0.05) is 6.92 Å². The van der Waals surface area contributed by atoms with Gasteiger partial charge >= 0.3 is 6.18 Å². The third kappa shape index (κ3) is 4.38. The number of alkyl halides is 3. The fraction of sp³-hybridized carbons (Fsp3) is 0.423. The first-order chi connectivity index (χ1) is 16.2. The molecule has 0 radical (unpaired) electrons. The molecule has 8 heteroatoms. The number of carbonyl (C=O) groups excluding carboxylic acids is 1. The molecule has 1 N–H and O–H groups in total. The number of hydrogen-bond donors (Lipinski definition) is 1. The molecular weight excluding hydrogens is 446 g/mol. The summed E-state index contributed by atoms with van der Waals surface area (Å²) in [7, 11) is 0. The summed E-state index contributed by atoms with van der Waals surface area (Å²) < 4.78 is 52.0. The van der Waals surface area contributed by atoms with Crippen LogP contribution < -0.4 is 5.32 Å². The molecule has 5 atom stereocenters. The largest absolute Gasteiger partial charge is 0.417 e. The van der Waals surface area contributed by atoms with Gasteiger partial charge in [0.05, 0.1) is 11.1 Å². The summed E-state index contributed by atoms with van der Waals surface area (Å²) in [6.07, 6.45) is 1.95. The number of pyridine rings is 2. The van der Waals surface area contributed by atoms with Gasteiger partial charge in [0.25, 0.3) is 0 Å². The van der Waals surface area contributed by atoms with Gasteiger partial charge in [-0.25, -0.2) is 9.37 Å². The normalized spacial score (nSPS) is 25.3. The van der Waals surface area contributed by atoms with E-state index in [4.69, 9.17) is 0 Å². The van der Waals surface area contributed by atoms with Gasteiger partial charge in [0, 0.05) is 23.7 Å². The van der Waals surface area contributed by atoms with Gasteiger partial charge in [-0.05, 0) is 91.3 Å². The number of halogens is 4. The molecule has 178 valence electrons. The van der Waals surface area contributed by atoms with Crippen LogP contribution in [0.2, 0.25) is 0 Å². The molecule has 2 aliphatic carbocycles. The van der Waals surface area contributed by atoms with Crippen molar-refractivity contribution in [3.8, 4) is 0 Å². The van der Waals surface area contributed by atoms with E-state index in [-0.39, 0.29) is 29.4 Å². The minimum atomic E-state index is -4.46. The Morgan fingerprint density at radius 1 is 1.03 bits per heavy atom. The molecule has 2 unspecified atom stereocenters. The van der Waals surface area contributed by atoms with Crippen molar-refractivity contribution in [1.82, 2.24) is 9.97 Å². The van der Waals surface area contributed by atoms with Crippen molar-refractivity contribution in [2.75, 3.05) is 5.32 Å². The second kappa shape index (κ2) is 8.64. The molecule has 34 heavy (non-hydrogen) atoms. The topological polar surface area (TPSA) is 54.9 Å². The Labute approximate surface area is 194 Å². The Morgan fingerprint density at radius 2 is 1.76 bits per heavy atom. The van der Waals surface area contributed by atoms with E-state index >= 15 is 0 Å². The van der Waals surface area contributed by atoms with E-state index in [1.165, 1.54) is 12.1 Å². The molecule has 5 rings (SSSR count). The van der Waals surface area contributed by atoms with E-state index in [1.54, 1.807) is 18.3 Å². The maximum atomic E-state index is 13.9. The second-order valence-electron chi connectivity index (χ2n) is 9.69. The lowest BCUT2D eigenvalue weighted by atomic mass is 9.86. The average Bonchev–Trinajstić information content (AvgIpc) is 3.37. The van der Waals surface area contributed by atoms with Crippen LogP contribution in [0.5, 0.6) is 0 Å². The van der Waals surface area contributed by atoms with Crippen molar-refractivity contribution >= 4 is 22.6 Å². The van der Waals surface area contributed by atoms with E-state index in [0.29, 0.717) is 17.8 Å². The molecular formula is C26H25F4N3O. The molecule has 2 heterocycles. The number of rotatable bonds is 4. The van der Waals surface area contributed by atoms with Crippen LogP contribution in [0.25, 0.3) is 10.9 Å². The predicted octanol–water partition coefficient (Wildman–Crippen LogP) is 6.58. The maximum Gasteiger partial charge on any atom is 0.417 e. The molecule has 2 aliphatic rings. The molecule has 0 saturated heterocycles. The lowest BCUT2D eigenvalue weighted by Gasteiger charge is -2.21. The first-order valence-electron chi connectivity index (χ1n) is 11.6. The maximum absolute atomic E-state index is 13.9. The lowest BCUT2D eigenvalue weighted by Crippen LogP contribution is -2.26. The third-order valence-corrected chi connectivity index (χ3v) is 7.69. The van der Waals surface area contributed by atoms with Crippen molar-refractivity contribution in [2.45, 2.75) is 44.7 Å². The molecule has 0 aliphatic heterocycles. The SMILES string of the molecule is CC(C(=O)Nc1ccc(C(F)(F)F)cn1)C1C[C@@H]2C[C@H](c3ccnc4ccc(F)cc34)C[C@@H]2C1. The Morgan fingerprint density at radius 3 is 2.41 bits per heavy atom. The molecule has 2 fully saturated rings. The summed E-state index contributed by atoms with van der Waals surface area (Å²) in [5.41, 5.74) is 1.10. The number of nitrogens with zero attached hydrogens (tertiary/aromatic N) is 2. The van der Waals surface area contributed by atoms with Gasteiger partial charge in [0.1, 0.15) is 11.6 Å². The molecule has 0 spiro atoms. The highest BCUT2D eigenvalue weighted by Crippen LogP contribution is 2.54. The standard InChI is InChI=1S/C26H25F4N3O/c1-14(25(34)33-24-5-2-19(13-32-24)26(28,29)30)15-8-16-10-18(11-17(16)9-15)21-6-7-31-23-4-3-20(27)12-22(21)23/h2-7,12-18H,8-11H2,1H3,(H,32,33,34)/t14?,15?,16-,17+,18+. The van der Waals surface area contributed by atoms with E-state index < -0.39 is 11.7 Å². The zero-order chi connectivity index (χ0) is 24.0. The van der Waals surface area contributed by atoms with Crippen LogP contribution in [-0.4, -0.2) is 15.9 Å². The third-order valence-electron chi connectivity index (χ3n) is 7.69. The molecule has 2 aromatic heterocycles. The molecule has 2 saturated carbocycles. The van der Waals surface area contributed by atoms with Crippen molar-refractivity contribution in [3.63, 3.8) is 0 Å². The quantitative estimate of drug-likeness (QED) is 0.437. The molecule has 1 amide bonds. The van der Waals surface area contributed by atoms with Crippen molar-refractivity contribution < 1.29 is 22.4 Å². The van der Waals surface area contributed by atoms with E-state index in [9.17, 15) is 22.4 Å². The van der Waals surface area contributed by atoms with E-state index in [0.717, 1.165) is 54.4 Å². The van der Waals surface area contributed by atoms with E-state index in [2.05, 4.69) is 15.3 Å². The summed E-state index contributed by atoms with van der Waals surface area (Å²) in [6, 6.07) is 8.81. The van der Waals surface area contributed by atoms with Crippen molar-refractivity contribution in [2.24, 2.45) is 23.7 Å². The number of carbonyl (C=O) groups is 1. The van der Waals surface area contributed by atoms with Gasteiger partial charge in [-0.3, -0.25) is 9.78 Å². The van der Waals surface area contributed by atoms with Crippen LogP contribution in [0.3, 0.4) is 0 Å². The Bertz CT molecular complexity index is 1200. The number of benzene rings is 1. The van der Waals surface area contributed by atoms with E-state index in [1.807, 2.05) is 13.0 Å². The highest BCUT2D eigenvalue weighted by atomic mass is 19.4.